The van der Waals surface area contributed by atoms with Gasteiger partial charge in [0.15, 0.2) is 0 Å². The van der Waals surface area contributed by atoms with Crippen molar-refractivity contribution in [3.8, 4) is 10.6 Å². The van der Waals surface area contributed by atoms with Crippen LogP contribution < -0.4 is 10.2 Å². The van der Waals surface area contributed by atoms with E-state index in [1.807, 2.05) is 35.7 Å². The monoisotopic (exact) mass is 364 g/mol. The maximum atomic E-state index is 12.4. The smallest absolute Gasteiger partial charge is 0.230 e. The van der Waals surface area contributed by atoms with Crippen LogP contribution in [0.15, 0.2) is 54.2 Å². The van der Waals surface area contributed by atoms with Gasteiger partial charge in [0, 0.05) is 47.8 Å². The maximum Gasteiger partial charge on any atom is 0.230 e. The first kappa shape index (κ1) is 16.7. The van der Waals surface area contributed by atoms with Crippen molar-refractivity contribution < 1.29 is 4.79 Å². The van der Waals surface area contributed by atoms with E-state index < -0.39 is 0 Å². The number of amides is 1. The van der Waals surface area contributed by atoms with Gasteiger partial charge < -0.3 is 10.2 Å². The van der Waals surface area contributed by atoms with Crippen molar-refractivity contribution in [2.75, 3.05) is 23.3 Å². The van der Waals surface area contributed by atoms with Crippen LogP contribution in [0.1, 0.15) is 18.5 Å². The lowest BCUT2D eigenvalue weighted by Gasteiger charge is -2.18. The summed E-state index contributed by atoms with van der Waals surface area (Å²) in [7, 11) is 0. The Kier molecular flexibility index (Phi) is 4.93. The van der Waals surface area contributed by atoms with E-state index in [0.29, 0.717) is 0 Å². The van der Waals surface area contributed by atoms with Gasteiger partial charge in [0.05, 0.1) is 12.1 Å². The van der Waals surface area contributed by atoms with Crippen molar-refractivity contribution in [1.82, 2.24) is 9.97 Å². The molecule has 1 fully saturated rings. The number of hydrogen-bond acceptors (Lipinski definition) is 5. The van der Waals surface area contributed by atoms with Gasteiger partial charge in [-0.1, -0.05) is 6.07 Å². The molecule has 1 amide bonds. The molecule has 5 nitrogen and oxygen atoms in total. The van der Waals surface area contributed by atoms with Gasteiger partial charge in [-0.25, -0.2) is 4.98 Å². The van der Waals surface area contributed by atoms with Gasteiger partial charge in [-0.2, -0.15) is 0 Å². The van der Waals surface area contributed by atoms with Crippen molar-refractivity contribution in [2.24, 2.45) is 0 Å². The fourth-order valence-corrected chi connectivity index (χ4v) is 3.95. The lowest BCUT2D eigenvalue weighted by Crippen LogP contribution is -2.18. The molecular weight excluding hydrogens is 344 g/mol. The van der Waals surface area contributed by atoms with E-state index in [-0.39, 0.29) is 12.3 Å². The highest BCUT2D eigenvalue weighted by molar-refractivity contribution is 7.13. The van der Waals surface area contributed by atoms with E-state index in [4.69, 9.17) is 0 Å². The highest BCUT2D eigenvalue weighted by Crippen LogP contribution is 2.25. The fourth-order valence-electron chi connectivity index (χ4n) is 3.14. The number of nitrogens with one attached hydrogen (secondary N) is 1. The minimum atomic E-state index is -0.0494. The van der Waals surface area contributed by atoms with Gasteiger partial charge in [0.25, 0.3) is 0 Å². The number of thiazole rings is 1. The first-order valence-electron chi connectivity index (χ1n) is 8.77. The molecule has 2 aromatic heterocycles. The minimum Gasteiger partial charge on any atom is -0.371 e. The summed E-state index contributed by atoms with van der Waals surface area (Å²) >= 11 is 1.53. The Morgan fingerprint density at radius 3 is 2.88 bits per heavy atom. The summed E-state index contributed by atoms with van der Waals surface area (Å²) in [6.45, 7) is 2.18. The molecule has 0 bridgehead atoms. The second-order valence-corrected chi connectivity index (χ2v) is 7.21. The average molecular weight is 364 g/mol. The Morgan fingerprint density at radius 1 is 1.19 bits per heavy atom. The Balaban J connectivity index is 1.40. The SMILES string of the molecule is O=C(Cc1csc(-c2cccnc2)n1)Nc1cccc(N2CCCC2)c1. The molecule has 0 aliphatic carbocycles. The van der Waals surface area contributed by atoms with Crippen LogP contribution in [0.3, 0.4) is 0 Å². The van der Waals surface area contributed by atoms with Gasteiger partial charge in [-0.05, 0) is 43.2 Å². The lowest BCUT2D eigenvalue weighted by atomic mass is 10.2. The average Bonchev–Trinajstić information content (AvgIpc) is 3.35. The van der Waals surface area contributed by atoms with E-state index in [2.05, 4.69) is 26.3 Å². The number of rotatable bonds is 5. The summed E-state index contributed by atoms with van der Waals surface area (Å²) in [6.07, 6.45) is 6.26. The zero-order valence-corrected chi connectivity index (χ0v) is 15.2. The van der Waals surface area contributed by atoms with Crippen LogP contribution in [-0.4, -0.2) is 29.0 Å². The summed E-state index contributed by atoms with van der Waals surface area (Å²) in [5, 5.41) is 5.81. The molecule has 6 heteroatoms. The number of benzene rings is 1. The number of pyridine rings is 1. The zero-order valence-electron chi connectivity index (χ0n) is 14.4. The Labute approximate surface area is 156 Å². The second-order valence-electron chi connectivity index (χ2n) is 6.36. The van der Waals surface area contributed by atoms with E-state index in [0.717, 1.165) is 35.0 Å². The van der Waals surface area contributed by atoms with Crippen LogP contribution in [0.5, 0.6) is 0 Å². The summed E-state index contributed by atoms with van der Waals surface area (Å²) in [4.78, 5) is 23.4. The third-order valence-corrected chi connectivity index (χ3v) is 5.34. The third-order valence-electron chi connectivity index (χ3n) is 4.40. The molecule has 1 aliphatic heterocycles. The van der Waals surface area contributed by atoms with Crippen molar-refractivity contribution in [2.45, 2.75) is 19.3 Å². The molecule has 0 atom stereocenters. The molecular formula is C20H20N4OS. The highest BCUT2D eigenvalue weighted by atomic mass is 32.1. The normalized spacial score (nSPS) is 13.8. The number of anilines is 2. The first-order chi connectivity index (χ1) is 12.8. The fraction of sp³-hybridized carbons (Fsp3) is 0.250. The van der Waals surface area contributed by atoms with Crippen LogP contribution in [0.25, 0.3) is 10.6 Å². The van der Waals surface area contributed by atoms with Gasteiger partial charge in [-0.3, -0.25) is 9.78 Å². The summed E-state index contributed by atoms with van der Waals surface area (Å²) < 4.78 is 0. The van der Waals surface area contributed by atoms with Gasteiger partial charge >= 0.3 is 0 Å². The lowest BCUT2D eigenvalue weighted by molar-refractivity contribution is -0.115. The third kappa shape index (κ3) is 3.91. The van der Waals surface area contributed by atoms with Crippen LogP contribution in [0.2, 0.25) is 0 Å². The van der Waals surface area contributed by atoms with E-state index in [9.17, 15) is 4.79 Å². The quantitative estimate of drug-likeness (QED) is 0.744. The molecule has 0 radical (unpaired) electrons. The molecule has 1 aromatic carbocycles. The number of carbonyl (C=O) groups excluding carboxylic acids is 1. The molecule has 0 unspecified atom stereocenters. The Hall–Kier alpha value is -2.73. The number of aromatic nitrogens is 2. The summed E-state index contributed by atoms with van der Waals surface area (Å²) in [6, 6.07) is 11.9. The predicted molar refractivity (Wildman–Crippen MR) is 106 cm³/mol. The standard InChI is InChI=1S/C20H20N4OS/c25-19(12-17-14-26-20(23-17)15-5-4-8-21-13-15)22-16-6-3-7-18(11-16)24-9-1-2-10-24/h3-8,11,13-14H,1-2,9-10,12H2,(H,22,25). The first-order valence-corrected chi connectivity index (χ1v) is 9.65. The van der Waals surface area contributed by atoms with Crippen molar-refractivity contribution >= 4 is 28.6 Å². The molecule has 26 heavy (non-hydrogen) atoms. The molecule has 0 spiro atoms. The number of nitrogens with zero attached hydrogens (tertiary/aromatic N) is 3. The summed E-state index contributed by atoms with van der Waals surface area (Å²) in [5.74, 6) is -0.0494. The summed E-state index contributed by atoms with van der Waals surface area (Å²) in [5.41, 5.74) is 3.76. The van der Waals surface area contributed by atoms with Crippen LogP contribution >= 0.6 is 11.3 Å². The van der Waals surface area contributed by atoms with Crippen LogP contribution in [0, 0.1) is 0 Å². The topological polar surface area (TPSA) is 58.1 Å². The van der Waals surface area contributed by atoms with E-state index in [1.54, 1.807) is 12.4 Å². The second kappa shape index (κ2) is 7.66. The molecule has 132 valence electrons. The molecule has 3 heterocycles. The highest BCUT2D eigenvalue weighted by Gasteiger charge is 2.13. The van der Waals surface area contributed by atoms with E-state index in [1.165, 1.54) is 29.9 Å². The number of hydrogen-bond donors (Lipinski definition) is 1. The Bertz CT molecular complexity index is 888. The van der Waals surface area contributed by atoms with E-state index >= 15 is 0 Å². The molecule has 1 N–H and O–H groups in total. The largest absolute Gasteiger partial charge is 0.371 e. The maximum absolute atomic E-state index is 12.4. The zero-order chi connectivity index (χ0) is 17.8. The van der Waals surface area contributed by atoms with Crippen LogP contribution in [0.4, 0.5) is 11.4 Å². The van der Waals surface area contributed by atoms with Crippen molar-refractivity contribution in [3.05, 3.63) is 59.9 Å². The minimum absolute atomic E-state index is 0.0494. The molecule has 4 rings (SSSR count). The predicted octanol–water partition coefficient (Wildman–Crippen LogP) is 3.99. The van der Waals surface area contributed by atoms with Gasteiger partial charge in [0.2, 0.25) is 5.91 Å². The molecule has 0 saturated carbocycles. The van der Waals surface area contributed by atoms with Crippen molar-refractivity contribution in [3.63, 3.8) is 0 Å². The molecule has 3 aromatic rings. The van der Waals surface area contributed by atoms with Gasteiger partial charge in [0.1, 0.15) is 5.01 Å². The van der Waals surface area contributed by atoms with Crippen LogP contribution in [-0.2, 0) is 11.2 Å². The van der Waals surface area contributed by atoms with Gasteiger partial charge in [-0.15, -0.1) is 11.3 Å². The number of carbonyl (C=O) groups is 1. The molecule has 1 aliphatic rings. The molecule has 1 saturated heterocycles. The Morgan fingerprint density at radius 2 is 2.08 bits per heavy atom. The van der Waals surface area contributed by atoms with Crippen molar-refractivity contribution in [1.29, 1.82) is 0 Å².